The van der Waals surface area contributed by atoms with Crippen LogP contribution in [0.1, 0.15) is 5.76 Å². The number of carbonyl (C=O) groups is 1. The Morgan fingerprint density at radius 1 is 1.11 bits per heavy atom. The molecule has 0 atom stereocenters. The average Bonchev–Trinajstić information content (AvgIpc) is 3.30. The van der Waals surface area contributed by atoms with Gasteiger partial charge in [-0.25, -0.2) is 4.99 Å². The van der Waals surface area contributed by atoms with Gasteiger partial charge in [-0.05, 0) is 48.2 Å². The Morgan fingerprint density at radius 3 is 2.68 bits per heavy atom. The van der Waals surface area contributed by atoms with E-state index in [2.05, 4.69) is 26.2 Å². The standard InChI is InChI=1S/C21H15BrN2O3S/c1-26-18-5-3-2-4-16(18)23-21-24-20(25)19(28-21)12-15-10-11-17(27-15)13-6-8-14(22)9-7-13/h2-12H,1H3,(H,23,24,25)/b19-12+. The molecule has 7 heteroatoms. The minimum Gasteiger partial charge on any atom is -0.494 e. The summed E-state index contributed by atoms with van der Waals surface area (Å²) < 4.78 is 12.2. The molecule has 0 bridgehead atoms. The fourth-order valence-electron chi connectivity index (χ4n) is 2.64. The molecule has 1 aromatic heterocycles. The summed E-state index contributed by atoms with van der Waals surface area (Å²) in [6.45, 7) is 0. The molecule has 1 fully saturated rings. The molecule has 1 amide bonds. The minimum atomic E-state index is -0.208. The maximum atomic E-state index is 12.3. The third-order valence-electron chi connectivity index (χ3n) is 3.99. The third kappa shape index (κ3) is 4.05. The lowest BCUT2D eigenvalue weighted by Gasteiger charge is -2.03. The lowest BCUT2D eigenvalue weighted by Crippen LogP contribution is -2.19. The quantitative estimate of drug-likeness (QED) is 0.520. The molecule has 2 heterocycles. The van der Waals surface area contributed by atoms with Gasteiger partial charge in [-0.1, -0.05) is 40.2 Å². The van der Waals surface area contributed by atoms with E-state index in [1.807, 2.05) is 60.7 Å². The van der Waals surface area contributed by atoms with Gasteiger partial charge >= 0.3 is 0 Å². The molecule has 5 nitrogen and oxygen atoms in total. The lowest BCUT2D eigenvalue weighted by atomic mass is 10.2. The van der Waals surface area contributed by atoms with Crippen molar-refractivity contribution in [3.8, 4) is 17.1 Å². The number of furan rings is 1. The Morgan fingerprint density at radius 2 is 1.89 bits per heavy atom. The highest BCUT2D eigenvalue weighted by Crippen LogP contribution is 2.33. The smallest absolute Gasteiger partial charge is 0.264 e. The Balaban J connectivity index is 1.55. The Kier molecular flexibility index (Phi) is 5.36. The van der Waals surface area contributed by atoms with Crippen LogP contribution in [-0.4, -0.2) is 18.2 Å². The number of nitrogens with one attached hydrogen (secondary N) is 1. The van der Waals surface area contributed by atoms with Gasteiger partial charge in [0.1, 0.15) is 23.0 Å². The van der Waals surface area contributed by atoms with E-state index >= 15 is 0 Å². The van der Waals surface area contributed by atoms with Crippen molar-refractivity contribution in [1.29, 1.82) is 0 Å². The van der Waals surface area contributed by atoms with Gasteiger partial charge in [0.05, 0.1) is 12.0 Å². The summed E-state index contributed by atoms with van der Waals surface area (Å²) in [6.07, 6.45) is 1.72. The molecule has 28 heavy (non-hydrogen) atoms. The highest BCUT2D eigenvalue weighted by atomic mass is 79.9. The molecular weight excluding hydrogens is 440 g/mol. The molecule has 0 aliphatic carbocycles. The molecular formula is C21H15BrN2O3S. The van der Waals surface area contributed by atoms with Gasteiger partial charge in [0, 0.05) is 16.1 Å². The predicted octanol–water partition coefficient (Wildman–Crippen LogP) is 5.61. The zero-order chi connectivity index (χ0) is 19.5. The summed E-state index contributed by atoms with van der Waals surface area (Å²) in [7, 11) is 1.59. The SMILES string of the molecule is COc1ccccc1N=C1NC(=O)/C(=C\c2ccc(-c3ccc(Br)cc3)o2)S1. The number of ether oxygens (including phenoxy) is 1. The minimum absolute atomic E-state index is 0.208. The number of hydrogen-bond acceptors (Lipinski definition) is 5. The van der Waals surface area contributed by atoms with E-state index in [0.717, 1.165) is 15.8 Å². The number of methoxy groups -OCH3 is 1. The predicted molar refractivity (Wildman–Crippen MR) is 116 cm³/mol. The maximum absolute atomic E-state index is 12.3. The van der Waals surface area contributed by atoms with Crippen LogP contribution in [0.5, 0.6) is 5.75 Å². The summed E-state index contributed by atoms with van der Waals surface area (Å²) >= 11 is 4.68. The number of benzene rings is 2. The molecule has 0 spiro atoms. The van der Waals surface area contributed by atoms with Crippen LogP contribution in [0.4, 0.5) is 5.69 Å². The number of para-hydroxylation sites is 2. The van der Waals surface area contributed by atoms with E-state index in [1.165, 1.54) is 11.8 Å². The first-order chi connectivity index (χ1) is 13.6. The van der Waals surface area contributed by atoms with Gasteiger partial charge in [-0.15, -0.1) is 0 Å². The second-order valence-corrected chi connectivity index (χ2v) is 7.81. The molecule has 140 valence electrons. The molecule has 0 saturated carbocycles. The zero-order valence-electron chi connectivity index (χ0n) is 14.8. The van der Waals surface area contributed by atoms with Crippen molar-refractivity contribution >= 4 is 50.5 Å². The van der Waals surface area contributed by atoms with Crippen molar-refractivity contribution in [2.45, 2.75) is 0 Å². The van der Waals surface area contributed by atoms with E-state index in [-0.39, 0.29) is 5.91 Å². The van der Waals surface area contributed by atoms with Crippen molar-refractivity contribution in [1.82, 2.24) is 5.32 Å². The lowest BCUT2D eigenvalue weighted by molar-refractivity contribution is -0.115. The fraction of sp³-hybridized carbons (Fsp3) is 0.0476. The number of thioether (sulfide) groups is 1. The third-order valence-corrected chi connectivity index (χ3v) is 5.43. The van der Waals surface area contributed by atoms with Crippen LogP contribution in [0.25, 0.3) is 17.4 Å². The van der Waals surface area contributed by atoms with Gasteiger partial charge in [0.15, 0.2) is 5.17 Å². The molecule has 1 saturated heterocycles. The van der Waals surface area contributed by atoms with E-state index in [1.54, 1.807) is 13.2 Å². The van der Waals surface area contributed by atoms with Crippen LogP contribution in [0, 0.1) is 0 Å². The van der Waals surface area contributed by atoms with Crippen LogP contribution in [0.3, 0.4) is 0 Å². The molecule has 1 N–H and O–H groups in total. The van der Waals surface area contributed by atoms with E-state index in [9.17, 15) is 4.79 Å². The molecule has 0 unspecified atom stereocenters. The number of aliphatic imine (C=N–C) groups is 1. The normalized spacial score (nSPS) is 16.6. The molecule has 0 radical (unpaired) electrons. The number of carbonyl (C=O) groups excluding carboxylic acids is 1. The van der Waals surface area contributed by atoms with Crippen LogP contribution in [0.2, 0.25) is 0 Å². The van der Waals surface area contributed by atoms with Crippen molar-refractivity contribution in [3.63, 3.8) is 0 Å². The molecule has 4 rings (SSSR count). The summed E-state index contributed by atoms with van der Waals surface area (Å²) in [5.74, 6) is 1.78. The van der Waals surface area contributed by atoms with Gasteiger partial charge < -0.3 is 14.5 Å². The van der Waals surface area contributed by atoms with Crippen LogP contribution >= 0.6 is 27.7 Å². The van der Waals surface area contributed by atoms with Gasteiger partial charge in [-0.2, -0.15) is 0 Å². The van der Waals surface area contributed by atoms with Gasteiger partial charge in [-0.3, -0.25) is 4.79 Å². The second kappa shape index (κ2) is 8.08. The average molecular weight is 455 g/mol. The second-order valence-electron chi connectivity index (χ2n) is 5.86. The Labute approximate surface area is 174 Å². The maximum Gasteiger partial charge on any atom is 0.264 e. The zero-order valence-corrected chi connectivity index (χ0v) is 17.2. The topological polar surface area (TPSA) is 63.8 Å². The molecule has 1 aliphatic rings. The van der Waals surface area contributed by atoms with Crippen LogP contribution < -0.4 is 10.1 Å². The summed E-state index contributed by atoms with van der Waals surface area (Å²) in [5.41, 5.74) is 1.62. The van der Waals surface area contributed by atoms with E-state index in [4.69, 9.17) is 9.15 Å². The molecule has 1 aliphatic heterocycles. The van der Waals surface area contributed by atoms with Crippen molar-refractivity contribution in [2.75, 3.05) is 7.11 Å². The number of halogens is 1. The first-order valence-corrected chi connectivity index (χ1v) is 10.0. The number of amides is 1. The monoisotopic (exact) mass is 454 g/mol. The van der Waals surface area contributed by atoms with E-state index in [0.29, 0.717) is 27.3 Å². The van der Waals surface area contributed by atoms with E-state index < -0.39 is 0 Å². The summed E-state index contributed by atoms with van der Waals surface area (Å²) in [5, 5.41) is 3.27. The molecule has 3 aromatic rings. The van der Waals surface area contributed by atoms with Crippen LogP contribution in [-0.2, 0) is 4.79 Å². The van der Waals surface area contributed by atoms with Gasteiger partial charge in [0.2, 0.25) is 0 Å². The van der Waals surface area contributed by atoms with Crippen LogP contribution in [0.15, 0.2) is 79.5 Å². The van der Waals surface area contributed by atoms with Crippen molar-refractivity contribution in [3.05, 3.63) is 75.8 Å². The fourth-order valence-corrected chi connectivity index (χ4v) is 3.72. The number of amidine groups is 1. The highest BCUT2D eigenvalue weighted by Gasteiger charge is 2.24. The first kappa shape index (κ1) is 18.6. The van der Waals surface area contributed by atoms with Gasteiger partial charge in [0.25, 0.3) is 5.91 Å². The first-order valence-electron chi connectivity index (χ1n) is 8.41. The largest absolute Gasteiger partial charge is 0.494 e. The number of rotatable bonds is 4. The number of nitrogens with zero attached hydrogens (tertiary/aromatic N) is 1. The molecule has 2 aromatic carbocycles. The summed E-state index contributed by atoms with van der Waals surface area (Å²) in [6, 6.07) is 19.0. The summed E-state index contributed by atoms with van der Waals surface area (Å²) in [4.78, 5) is 17.3. The highest BCUT2D eigenvalue weighted by molar-refractivity contribution is 9.10. The Bertz CT molecular complexity index is 1090. The number of hydrogen-bond donors (Lipinski definition) is 1. The van der Waals surface area contributed by atoms with Crippen molar-refractivity contribution in [2.24, 2.45) is 4.99 Å². The van der Waals surface area contributed by atoms with Crippen molar-refractivity contribution < 1.29 is 13.9 Å². The Hall–Kier alpha value is -2.77.